The van der Waals surface area contributed by atoms with E-state index in [0.717, 1.165) is 41.5 Å². The van der Waals surface area contributed by atoms with Crippen molar-refractivity contribution in [3.63, 3.8) is 0 Å². The first-order valence-electron chi connectivity index (χ1n) is 7.42. The smallest absolute Gasteiger partial charge is 0.328 e. The van der Waals surface area contributed by atoms with Gasteiger partial charge in [0, 0.05) is 21.7 Å². The molecule has 2 N–H and O–H groups in total. The molecule has 2 rings (SSSR count). The van der Waals surface area contributed by atoms with Crippen LogP contribution in [-0.2, 0) is 16.1 Å². The molecule has 1 saturated carbocycles. The number of hydrogen-bond acceptors (Lipinski definition) is 3. The highest BCUT2D eigenvalue weighted by Crippen LogP contribution is 2.23. The molecular weight excluding hydrogens is 286 g/mol. The third kappa shape index (κ3) is 5.34. The average Bonchev–Trinajstić information content (AvgIpc) is 2.74. The Morgan fingerprint density at radius 1 is 1.24 bits per heavy atom. The van der Waals surface area contributed by atoms with Gasteiger partial charge in [0.05, 0.1) is 6.54 Å². The molecule has 4 nitrogen and oxygen atoms in total. The zero-order valence-corrected chi connectivity index (χ0v) is 12.8. The van der Waals surface area contributed by atoms with E-state index in [0.29, 0.717) is 6.54 Å². The summed E-state index contributed by atoms with van der Waals surface area (Å²) in [5.74, 6) is -0.626. The molecule has 114 valence electrons. The van der Waals surface area contributed by atoms with Crippen molar-refractivity contribution in [3.8, 4) is 0 Å². The van der Waals surface area contributed by atoms with Gasteiger partial charge in [0.2, 0.25) is 5.91 Å². The van der Waals surface area contributed by atoms with Gasteiger partial charge in [-0.25, -0.2) is 4.79 Å². The third-order valence-corrected chi connectivity index (χ3v) is 4.79. The maximum atomic E-state index is 12.1. The van der Waals surface area contributed by atoms with Crippen molar-refractivity contribution in [2.24, 2.45) is 5.92 Å². The van der Waals surface area contributed by atoms with Crippen LogP contribution >= 0.6 is 11.3 Å². The van der Waals surface area contributed by atoms with Gasteiger partial charge in [0.25, 0.3) is 0 Å². The highest BCUT2D eigenvalue weighted by Gasteiger charge is 2.19. The SMILES string of the molecule is O=C(O)C=Cc1ccc(CNC(=O)C2CCCCCC2)s1. The van der Waals surface area contributed by atoms with E-state index in [9.17, 15) is 9.59 Å². The Morgan fingerprint density at radius 3 is 2.62 bits per heavy atom. The van der Waals surface area contributed by atoms with E-state index in [1.807, 2.05) is 12.1 Å². The number of carbonyl (C=O) groups excluding carboxylic acids is 1. The molecule has 1 aliphatic carbocycles. The largest absolute Gasteiger partial charge is 0.478 e. The summed E-state index contributed by atoms with van der Waals surface area (Å²) < 4.78 is 0. The van der Waals surface area contributed by atoms with Gasteiger partial charge < -0.3 is 10.4 Å². The summed E-state index contributed by atoms with van der Waals surface area (Å²) in [6.45, 7) is 0.529. The maximum Gasteiger partial charge on any atom is 0.328 e. The highest BCUT2D eigenvalue weighted by atomic mass is 32.1. The van der Waals surface area contributed by atoms with Gasteiger partial charge in [-0.2, -0.15) is 0 Å². The Morgan fingerprint density at radius 2 is 1.95 bits per heavy atom. The number of carboxylic acid groups (broad SMARTS) is 1. The third-order valence-electron chi connectivity index (χ3n) is 3.74. The Kier molecular flexibility index (Phi) is 5.99. The van der Waals surface area contributed by atoms with Gasteiger partial charge in [0.1, 0.15) is 0 Å². The van der Waals surface area contributed by atoms with Crippen molar-refractivity contribution in [2.75, 3.05) is 0 Å². The van der Waals surface area contributed by atoms with Gasteiger partial charge >= 0.3 is 5.97 Å². The van der Waals surface area contributed by atoms with Crippen LogP contribution in [0.3, 0.4) is 0 Å². The van der Waals surface area contributed by atoms with Gasteiger partial charge in [-0.05, 0) is 31.1 Å². The minimum Gasteiger partial charge on any atom is -0.478 e. The first kappa shape index (κ1) is 15.8. The van der Waals surface area contributed by atoms with E-state index in [-0.39, 0.29) is 11.8 Å². The second kappa shape index (κ2) is 7.98. The quantitative estimate of drug-likeness (QED) is 0.647. The van der Waals surface area contributed by atoms with Crippen LogP contribution in [-0.4, -0.2) is 17.0 Å². The number of hydrogen-bond donors (Lipinski definition) is 2. The Balaban J connectivity index is 1.82. The van der Waals surface area contributed by atoms with Gasteiger partial charge in [-0.15, -0.1) is 11.3 Å². The summed E-state index contributed by atoms with van der Waals surface area (Å²) in [5.41, 5.74) is 0. The van der Waals surface area contributed by atoms with Crippen molar-refractivity contribution in [1.29, 1.82) is 0 Å². The molecule has 1 amide bonds. The zero-order valence-electron chi connectivity index (χ0n) is 12.0. The van der Waals surface area contributed by atoms with E-state index in [1.54, 1.807) is 6.08 Å². The zero-order chi connectivity index (χ0) is 15.1. The van der Waals surface area contributed by atoms with E-state index in [1.165, 1.54) is 24.2 Å². The molecular formula is C16H21NO3S. The van der Waals surface area contributed by atoms with Gasteiger partial charge in [-0.3, -0.25) is 4.79 Å². The fourth-order valence-corrected chi connectivity index (χ4v) is 3.45. The second-order valence-corrected chi connectivity index (χ2v) is 6.58. The molecule has 0 atom stereocenters. The lowest BCUT2D eigenvalue weighted by Gasteiger charge is -2.13. The Bertz CT molecular complexity index is 513. The van der Waals surface area contributed by atoms with Crippen molar-refractivity contribution in [2.45, 2.75) is 45.1 Å². The number of carboxylic acids is 1. The lowest BCUT2D eigenvalue weighted by molar-refractivity contribution is -0.131. The standard InChI is InChI=1S/C16H21NO3S/c18-15(19)10-9-13-7-8-14(21-13)11-17-16(20)12-5-3-1-2-4-6-12/h7-10,12H,1-6,11H2,(H,17,20)(H,18,19). The molecule has 0 spiro atoms. The summed E-state index contributed by atoms with van der Waals surface area (Å²) in [6.07, 6.45) is 9.50. The lowest BCUT2D eigenvalue weighted by Crippen LogP contribution is -2.29. The van der Waals surface area contributed by atoms with Gasteiger partial charge in [0.15, 0.2) is 0 Å². The number of carbonyl (C=O) groups is 2. The first-order chi connectivity index (χ1) is 10.1. The molecule has 0 bridgehead atoms. The van der Waals surface area contributed by atoms with E-state index >= 15 is 0 Å². The molecule has 1 heterocycles. The molecule has 0 aliphatic heterocycles. The topological polar surface area (TPSA) is 66.4 Å². The van der Waals surface area contributed by atoms with Crippen LogP contribution in [0.1, 0.15) is 48.3 Å². The first-order valence-corrected chi connectivity index (χ1v) is 8.24. The van der Waals surface area contributed by atoms with Crippen LogP contribution in [0, 0.1) is 5.92 Å². The Labute approximate surface area is 128 Å². The number of amides is 1. The Hall–Kier alpha value is -1.62. The van der Waals surface area contributed by atoms with Crippen LogP contribution in [0.5, 0.6) is 0 Å². The van der Waals surface area contributed by atoms with Crippen LogP contribution in [0.15, 0.2) is 18.2 Å². The molecule has 21 heavy (non-hydrogen) atoms. The molecule has 0 saturated heterocycles. The normalized spacial score (nSPS) is 16.8. The fourth-order valence-electron chi connectivity index (χ4n) is 2.59. The molecule has 1 aromatic rings. The summed E-state index contributed by atoms with van der Waals surface area (Å²) in [7, 11) is 0. The van der Waals surface area contributed by atoms with Crippen LogP contribution in [0.4, 0.5) is 0 Å². The van der Waals surface area contributed by atoms with Crippen LogP contribution < -0.4 is 5.32 Å². The van der Waals surface area contributed by atoms with Crippen LogP contribution in [0.25, 0.3) is 6.08 Å². The minimum atomic E-state index is -0.952. The molecule has 5 heteroatoms. The van der Waals surface area contributed by atoms with E-state index in [4.69, 9.17) is 5.11 Å². The van der Waals surface area contributed by atoms with E-state index < -0.39 is 5.97 Å². The van der Waals surface area contributed by atoms with E-state index in [2.05, 4.69) is 5.32 Å². The predicted octanol–water partition coefficient (Wildman–Crippen LogP) is 3.43. The minimum absolute atomic E-state index is 0.160. The van der Waals surface area contributed by atoms with Gasteiger partial charge in [-0.1, -0.05) is 25.7 Å². The monoisotopic (exact) mass is 307 g/mol. The summed E-state index contributed by atoms with van der Waals surface area (Å²) in [6, 6.07) is 3.80. The molecule has 0 unspecified atom stereocenters. The summed E-state index contributed by atoms with van der Waals surface area (Å²) >= 11 is 1.50. The van der Waals surface area contributed by atoms with Crippen molar-refractivity contribution < 1.29 is 14.7 Å². The number of aliphatic carboxylic acids is 1. The van der Waals surface area contributed by atoms with Crippen molar-refractivity contribution >= 4 is 29.3 Å². The molecule has 1 aromatic heterocycles. The molecule has 0 radical (unpaired) electrons. The number of rotatable bonds is 5. The average molecular weight is 307 g/mol. The highest BCUT2D eigenvalue weighted by molar-refractivity contribution is 7.12. The number of nitrogens with one attached hydrogen (secondary N) is 1. The summed E-state index contributed by atoms with van der Waals surface area (Å²) in [4.78, 5) is 24.5. The molecule has 1 fully saturated rings. The maximum absolute atomic E-state index is 12.1. The molecule has 0 aromatic carbocycles. The van der Waals surface area contributed by atoms with Crippen LogP contribution in [0.2, 0.25) is 0 Å². The fraction of sp³-hybridized carbons (Fsp3) is 0.500. The lowest BCUT2D eigenvalue weighted by atomic mass is 9.99. The van der Waals surface area contributed by atoms with Crippen molar-refractivity contribution in [1.82, 2.24) is 5.32 Å². The summed E-state index contributed by atoms with van der Waals surface area (Å²) in [5, 5.41) is 11.6. The predicted molar refractivity (Wildman–Crippen MR) is 84.0 cm³/mol. The van der Waals surface area contributed by atoms with Crippen molar-refractivity contribution in [3.05, 3.63) is 28.0 Å². The second-order valence-electron chi connectivity index (χ2n) is 5.38. The molecule has 1 aliphatic rings. The number of thiophene rings is 1.